The van der Waals surface area contributed by atoms with E-state index >= 15 is 0 Å². The van der Waals surface area contributed by atoms with E-state index in [9.17, 15) is 9.18 Å². The third-order valence-electron chi connectivity index (χ3n) is 4.07. The Balaban J connectivity index is 1.83. The number of H-pyrrole nitrogens is 1. The second kappa shape index (κ2) is 5.13. The first-order valence-corrected chi connectivity index (χ1v) is 7.97. The Hall–Kier alpha value is -2.28. The Bertz CT molecular complexity index is 949. The Kier molecular flexibility index (Phi) is 3.19. The van der Waals surface area contributed by atoms with Gasteiger partial charge in [-0.2, -0.15) is 5.10 Å². The lowest BCUT2D eigenvalue weighted by atomic mass is 10.0. The lowest BCUT2D eigenvalue weighted by molar-refractivity contribution is 0.103. The van der Waals surface area contributed by atoms with Crippen LogP contribution in [-0.4, -0.2) is 21.0 Å². The van der Waals surface area contributed by atoms with Gasteiger partial charge in [0, 0.05) is 10.9 Å². The molecule has 3 aromatic rings. The summed E-state index contributed by atoms with van der Waals surface area (Å²) in [5.41, 5.74) is 8.09. The number of nitrogens with two attached hydrogens (primary N) is 1. The molecule has 1 aliphatic rings. The zero-order valence-electron chi connectivity index (χ0n) is 11.9. The van der Waals surface area contributed by atoms with Gasteiger partial charge in [-0.15, -0.1) is 0 Å². The average molecular weight is 375 g/mol. The molecule has 1 aromatic carbocycles. The zero-order valence-corrected chi connectivity index (χ0v) is 13.5. The number of halogens is 2. The molecule has 116 valence electrons. The van der Waals surface area contributed by atoms with Crippen LogP contribution in [0.4, 0.5) is 10.1 Å². The number of hydrogen-bond acceptors (Lipinski definition) is 4. The molecule has 5 nitrogen and oxygen atoms in total. The van der Waals surface area contributed by atoms with Crippen LogP contribution in [0.25, 0.3) is 10.9 Å². The van der Waals surface area contributed by atoms with Crippen LogP contribution in [0.3, 0.4) is 0 Å². The smallest absolute Gasteiger partial charge is 0.214 e. The highest BCUT2D eigenvalue weighted by Crippen LogP contribution is 2.43. The first-order valence-electron chi connectivity index (χ1n) is 7.18. The summed E-state index contributed by atoms with van der Waals surface area (Å²) in [4.78, 5) is 17.2. The monoisotopic (exact) mass is 374 g/mol. The number of nitrogen functional groups attached to an aromatic ring is 1. The molecule has 23 heavy (non-hydrogen) atoms. The van der Waals surface area contributed by atoms with E-state index in [1.54, 1.807) is 6.07 Å². The van der Waals surface area contributed by atoms with Gasteiger partial charge in [0.1, 0.15) is 21.6 Å². The van der Waals surface area contributed by atoms with Crippen molar-refractivity contribution < 1.29 is 9.18 Å². The van der Waals surface area contributed by atoms with Crippen LogP contribution >= 0.6 is 15.9 Å². The number of nitrogens with zero attached hydrogens (tertiary/aromatic N) is 2. The molecule has 2 aromatic heterocycles. The number of ketones is 1. The molecule has 0 radical (unpaired) electrons. The van der Waals surface area contributed by atoms with E-state index in [0.717, 1.165) is 18.4 Å². The van der Waals surface area contributed by atoms with Crippen molar-refractivity contribution >= 4 is 38.3 Å². The lowest BCUT2D eigenvalue weighted by Crippen LogP contribution is -2.10. The van der Waals surface area contributed by atoms with Gasteiger partial charge >= 0.3 is 0 Å². The molecule has 1 aliphatic carbocycles. The summed E-state index contributed by atoms with van der Waals surface area (Å²) >= 11 is 3.42. The van der Waals surface area contributed by atoms with Crippen molar-refractivity contribution in [1.29, 1.82) is 0 Å². The maximum Gasteiger partial charge on any atom is 0.214 e. The molecule has 0 amide bonds. The van der Waals surface area contributed by atoms with Gasteiger partial charge in [0.05, 0.1) is 11.9 Å². The summed E-state index contributed by atoms with van der Waals surface area (Å²) in [6, 6.07) is 4.47. The third-order valence-corrected chi connectivity index (χ3v) is 4.71. The molecule has 2 heterocycles. The fraction of sp³-hybridized carbons (Fsp3) is 0.188. The predicted octanol–water partition coefficient (Wildman–Crippen LogP) is 3.55. The maximum absolute atomic E-state index is 13.7. The van der Waals surface area contributed by atoms with Crippen LogP contribution in [0.15, 0.2) is 29.0 Å². The number of nitrogens with one attached hydrogen (secondary N) is 1. The number of fused-ring (bicyclic) bond motifs is 1. The number of benzene rings is 1. The van der Waals surface area contributed by atoms with Gasteiger partial charge in [0.2, 0.25) is 5.78 Å². The summed E-state index contributed by atoms with van der Waals surface area (Å²) < 4.78 is 14.4. The zero-order chi connectivity index (χ0) is 16.1. The highest BCUT2D eigenvalue weighted by Gasteiger charge is 2.28. The largest absolute Gasteiger partial charge is 0.397 e. The van der Waals surface area contributed by atoms with Crippen molar-refractivity contribution in [2.45, 2.75) is 18.8 Å². The van der Waals surface area contributed by atoms with Crippen LogP contribution in [-0.2, 0) is 0 Å². The summed E-state index contributed by atoms with van der Waals surface area (Å²) in [7, 11) is 0. The summed E-state index contributed by atoms with van der Waals surface area (Å²) in [6.45, 7) is 0. The Morgan fingerprint density at radius 2 is 2.17 bits per heavy atom. The van der Waals surface area contributed by atoms with Crippen molar-refractivity contribution in [2.75, 3.05) is 5.73 Å². The topological polar surface area (TPSA) is 84.7 Å². The summed E-state index contributed by atoms with van der Waals surface area (Å²) in [6.07, 6.45) is 3.65. The molecular formula is C16H12BrFN4O. The Morgan fingerprint density at radius 3 is 2.91 bits per heavy atom. The molecule has 0 saturated heterocycles. The number of carbonyl (C=O) groups is 1. The number of rotatable bonds is 3. The second-order valence-corrected chi connectivity index (χ2v) is 6.41. The van der Waals surface area contributed by atoms with Crippen LogP contribution in [0.1, 0.15) is 40.4 Å². The van der Waals surface area contributed by atoms with E-state index in [4.69, 9.17) is 5.73 Å². The number of anilines is 1. The fourth-order valence-electron chi connectivity index (χ4n) is 2.71. The molecule has 0 aliphatic heterocycles. The SMILES string of the molecule is Nc1cc(C2CC2)c(Br)nc1C(=O)c1ccc(F)c2[nH]ncc12. The first kappa shape index (κ1) is 14.3. The third kappa shape index (κ3) is 2.31. The lowest BCUT2D eigenvalue weighted by Gasteiger charge is -2.09. The van der Waals surface area contributed by atoms with Crippen molar-refractivity contribution in [2.24, 2.45) is 0 Å². The predicted molar refractivity (Wildman–Crippen MR) is 87.8 cm³/mol. The van der Waals surface area contributed by atoms with E-state index in [1.807, 2.05) is 0 Å². The van der Waals surface area contributed by atoms with Crippen molar-refractivity contribution in [3.63, 3.8) is 0 Å². The van der Waals surface area contributed by atoms with Crippen molar-refractivity contribution in [3.05, 3.63) is 51.6 Å². The maximum atomic E-state index is 13.7. The molecular weight excluding hydrogens is 363 g/mol. The van der Waals surface area contributed by atoms with E-state index in [2.05, 4.69) is 31.1 Å². The highest BCUT2D eigenvalue weighted by molar-refractivity contribution is 9.10. The minimum atomic E-state index is -0.458. The number of carbonyl (C=O) groups excluding carboxylic acids is 1. The average Bonchev–Trinajstić information content (AvgIpc) is 3.25. The van der Waals surface area contributed by atoms with E-state index in [0.29, 0.717) is 27.2 Å². The second-order valence-electron chi connectivity index (χ2n) is 5.66. The fourth-order valence-corrected chi connectivity index (χ4v) is 3.33. The van der Waals surface area contributed by atoms with Gasteiger partial charge in [-0.25, -0.2) is 9.37 Å². The molecule has 4 rings (SSSR count). The number of pyridine rings is 1. The minimum Gasteiger partial charge on any atom is -0.397 e. The van der Waals surface area contributed by atoms with Crippen LogP contribution in [0.2, 0.25) is 0 Å². The Labute approximate surface area is 139 Å². The minimum absolute atomic E-state index is 0.162. The van der Waals surface area contributed by atoms with Gasteiger partial charge in [-0.1, -0.05) is 0 Å². The summed E-state index contributed by atoms with van der Waals surface area (Å²) in [5.74, 6) is -0.341. The van der Waals surface area contributed by atoms with Gasteiger partial charge in [0.25, 0.3) is 0 Å². The van der Waals surface area contributed by atoms with E-state index in [-0.39, 0.29) is 17.0 Å². The molecule has 0 atom stereocenters. The quantitative estimate of drug-likeness (QED) is 0.542. The molecule has 1 fully saturated rings. The van der Waals surface area contributed by atoms with Crippen molar-refractivity contribution in [3.8, 4) is 0 Å². The number of aromatic amines is 1. The van der Waals surface area contributed by atoms with Gasteiger partial charge < -0.3 is 5.73 Å². The highest BCUT2D eigenvalue weighted by atomic mass is 79.9. The van der Waals surface area contributed by atoms with Crippen LogP contribution < -0.4 is 5.73 Å². The molecule has 1 saturated carbocycles. The van der Waals surface area contributed by atoms with Crippen LogP contribution in [0.5, 0.6) is 0 Å². The number of aromatic nitrogens is 3. The van der Waals surface area contributed by atoms with Gasteiger partial charge in [-0.05, 0) is 58.5 Å². The molecule has 3 N–H and O–H groups in total. The normalized spacial score (nSPS) is 14.3. The van der Waals surface area contributed by atoms with E-state index < -0.39 is 5.82 Å². The van der Waals surface area contributed by atoms with Crippen molar-refractivity contribution in [1.82, 2.24) is 15.2 Å². The van der Waals surface area contributed by atoms with Gasteiger partial charge in [-0.3, -0.25) is 9.89 Å². The van der Waals surface area contributed by atoms with Crippen LogP contribution in [0, 0.1) is 5.82 Å². The van der Waals surface area contributed by atoms with Gasteiger partial charge in [0.15, 0.2) is 0 Å². The molecule has 0 bridgehead atoms. The standard InChI is InChI=1S/C16H12BrFN4O/c17-16-9(7-1-2-7)5-12(19)14(21-16)15(23)8-3-4-11(18)13-10(8)6-20-22-13/h3-7H,1-2,19H2,(H,20,22). The molecule has 7 heteroatoms. The summed E-state index contributed by atoms with van der Waals surface area (Å²) in [5, 5.41) is 6.78. The Morgan fingerprint density at radius 1 is 1.39 bits per heavy atom. The molecule has 0 unspecified atom stereocenters. The molecule has 0 spiro atoms. The van der Waals surface area contributed by atoms with E-state index in [1.165, 1.54) is 18.3 Å². The number of hydrogen-bond donors (Lipinski definition) is 2. The first-order chi connectivity index (χ1) is 11.1.